The SMILES string of the molecule is COc1cc(/C=c2\sc3n(c2=O)[C@H](c2ccc(Cl)cc2)C(C(=O)OC(C)C)=C(C)N=3)ccc1OC(C)=O. The second-order valence-corrected chi connectivity index (χ2v) is 10.0. The molecule has 3 aromatic rings. The molecule has 0 spiro atoms. The van der Waals surface area contributed by atoms with Crippen molar-refractivity contribution in [2.45, 2.75) is 39.8 Å². The Bertz CT molecular complexity index is 1580. The van der Waals surface area contributed by atoms with Crippen molar-refractivity contribution in [3.05, 3.63) is 89.6 Å². The summed E-state index contributed by atoms with van der Waals surface area (Å²) in [7, 11) is 1.46. The number of carbonyl (C=O) groups excluding carboxylic acids is 2. The minimum atomic E-state index is -0.734. The maximum atomic E-state index is 13.7. The van der Waals surface area contributed by atoms with E-state index in [-0.39, 0.29) is 17.4 Å². The molecular weight excluding hydrogens is 516 g/mol. The Hall–Kier alpha value is -3.69. The highest BCUT2D eigenvalue weighted by Gasteiger charge is 2.33. The van der Waals surface area contributed by atoms with Crippen LogP contribution in [-0.2, 0) is 14.3 Å². The van der Waals surface area contributed by atoms with Crippen molar-refractivity contribution in [2.75, 3.05) is 7.11 Å². The number of hydrogen-bond donors (Lipinski definition) is 0. The number of rotatable bonds is 6. The van der Waals surface area contributed by atoms with Gasteiger partial charge in [0.05, 0.1) is 35.1 Å². The van der Waals surface area contributed by atoms with E-state index in [9.17, 15) is 14.4 Å². The molecule has 0 unspecified atom stereocenters. The fourth-order valence-electron chi connectivity index (χ4n) is 3.99. The third-order valence-corrected chi connectivity index (χ3v) is 6.74. The molecule has 2 aromatic carbocycles. The third kappa shape index (κ3) is 5.52. The Morgan fingerprint density at radius 1 is 1.14 bits per heavy atom. The number of hydrogen-bond acceptors (Lipinski definition) is 8. The normalized spacial score (nSPS) is 15.3. The van der Waals surface area contributed by atoms with Crippen molar-refractivity contribution >= 4 is 41.0 Å². The van der Waals surface area contributed by atoms with E-state index in [1.807, 2.05) is 0 Å². The Morgan fingerprint density at radius 3 is 2.46 bits per heavy atom. The first kappa shape index (κ1) is 26.4. The molecule has 0 saturated carbocycles. The molecule has 0 bridgehead atoms. The van der Waals surface area contributed by atoms with E-state index in [4.69, 9.17) is 25.8 Å². The molecule has 192 valence electrons. The molecule has 1 aliphatic rings. The average molecular weight is 541 g/mol. The molecule has 0 radical (unpaired) electrons. The number of carbonyl (C=O) groups is 2. The molecule has 37 heavy (non-hydrogen) atoms. The van der Waals surface area contributed by atoms with E-state index < -0.39 is 18.0 Å². The zero-order chi connectivity index (χ0) is 26.9. The number of aromatic nitrogens is 1. The number of benzene rings is 2. The fourth-order valence-corrected chi connectivity index (χ4v) is 5.16. The highest BCUT2D eigenvalue weighted by Crippen LogP contribution is 2.32. The molecule has 8 nitrogen and oxygen atoms in total. The Morgan fingerprint density at radius 2 is 1.84 bits per heavy atom. The first-order chi connectivity index (χ1) is 17.6. The van der Waals surface area contributed by atoms with Crippen LogP contribution in [0, 0.1) is 0 Å². The van der Waals surface area contributed by atoms with Crippen LogP contribution in [0.1, 0.15) is 44.9 Å². The standard InChI is InChI=1S/C27H25ClN2O6S/c1-14(2)35-26(33)23-15(3)29-27-30(24(23)18-7-9-19(28)10-8-18)25(32)22(37-27)13-17-6-11-20(36-16(4)31)21(12-17)34-5/h6-14,24H,1-5H3/b22-13-/t24-/m1/s1. The summed E-state index contributed by atoms with van der Waals surface area (Å²) in [6, 6.07) is 11.2. The van der Waals surface area contributed by atoms with Gasteiger partial charge in [0.25, 0.3) is 5.56 Å². The second-order valence-electron chi connectivity index (χ2n) is 8.59. The van der Waals surface area contributed by atoms with E-state index in [2.05, 4.69) is 4.99 Å². The van der Waals surface area contributed by atoms with Crippen molar-refractivity contribution < 1.29 is 23.8 Å². The van der Waals surface area contributed by atoms with Gasteiger partial charge in [-0.3, -0.25) is 14.2 Å². The van der Waals surface area contributed by atoms with Crippen LogP contribution in [0.4, 0.5) is 0 Å². The molecule has 1 aromatic heterocycles. The van der Waals surface area contributed by atoms with Crippen molar-refractivity contribution in [1.29, 1.82) is 0 Å². The monoisotopic (exact) mass is 540 g/mol. The van der Waals surface area contributed by atoms with Crippen LogP contribution in [0.25, 0.3) is 6.08 Å². The van der Waals surface area contributed by atoms with E-state index >= 15 is 0 Å². The molecule has 1 aliphatic heterocycles. The molecule has 0 fully saturated rings. The molecule has 0 N–H and O–H groups in total. The van der Waals surface area contributed by atoms with Crippen molar-refractivity contribution in [3.63, 3.8) is 0 Å². The predicted octanol–water partition coefficient (Wildman–Crippen LogP) is 3.77. The maximum absolute atomic E-state index is 13.7. The smallest absolute Gasteiger partial charge is 0.338 e. The van der Waals surface area contributed by atoms with Crippen LogP contribution in [-0.4, -0.2) is 29.7 Å². The fraction of sp³-hybridized carbons (Fsp3) is 0.259. The molecule has 4 rings (SSSR count). The first-order valence-corrected chi connectivity index (χ1v) is 12.6. The Kier molecular flexibility index (Phi) is 7.65. The third-order valence-electron chi connectivity index (χ3n) is 5.51. The summed E-state index contributed by atoms with van der Waals surface area (Å²) in [6.07, 6.45) is 1.36. The number of esters is 2. The lowest BCUT2D eigenvalue weighted by Gasteiger charge is -2.25. The lowest BCUT2D eigenvalue weighted by Crippen LogP contribution is -2.40. The number of fused-ring (bicyclic) bond motifs is 1. The molecule has 10 heteroatoms. The van der Waals surface area contributed by atoms with E-state index in [0.717, 1.165) is 0 Å². The summed E-state index contributed by atoms with van der Waals surface area (Å²) in [5, 5.41) is 0.536. The first-order valence-electron chi connectivity index (χ1n) is 11.4. The van der Waals surface area contributed by atoms with Gasteiger partial charge < -0.3 is 14.2 Å². The minimum absolute atomic E-state index is 0.278. The number of nitrogens with zero attached hydrogens (tertiary/aromatic N) is 2. The van der Waals surface area contributed by atoms with Crippen LogP contribution in [0.3, 0.4) is 0 Å². The van der Waals surface area contributed by atoms with Crippen LogP contribution >= 0.6 is 22.9 Å². The van der Waals surface area contributed by atoms with Crippen LogP contribution in [0.5, 0.6) is 11.5 Å². The van der Waals surface area contributed by atoms with Gasteiger partial charge in [-0.2, -0.15) is 0 Å². The predicted molar refractivity (Wildman–Crippen MR) is 141 cm³/mol. The number of thiazole rings is 1. The van der Waals surface area contributed by atoms with Gasteiger partial charge in [-0.15, -0.1) is 0 Å². The zero-order valence-corrected chi connectivity index (χ0v) is 22.5. The highest BCUT2D eigenvalue weighted by molar-refractivity contribution is 7.07. The van der Waals surface area contributed by atoms with Gasteiger partial charge in [-0.1, -0.05) is 41.1 Å². The molecule has 2 heterocycles. The summed E-state index contributed by atoms with van der Waals surface area (Å²) in [5.74, 6) is -0.370. The van der Waals surface area contributed by atoms with Crippen molar-refractivity contribution in [3.8, 4) is 11.5 Å². The summed E-state index contributed by atoms with van der Waals surface area (Å²) in [6.45, 7) is 6.57. The van der Waals surface area contributed by atoms with Crippen LogP contribution in [0.15, 0.2) is 63.5 Å². The van der Waals surface area contributed by atoms with Gasteiger partial charge >= 0.3 is 11.9 Å². The van der Waals surface area contributed by atoms with Crippen molar-refractivity contribution in [1.82, 2.24) is 4.57 Å². The zero-order valence-electron chi connectivity index (χ0n) is 20.9. The van der Waals surface area contributed by atoms with Gasteiger partial charge in [-0.05, 0) is 62.2 Å². The van der Waals surface area contributed by atoms with Crippen LogP contribution in [0.2, 0.25) is 5.02 Å². The highest BCUT2D eigenvalue weighted by atomic mass is 35.5. The summed E-state index contributed by atoms with van der Waals surface area (Å²) < 4.78 is 17.9. The molecule has 1 atom stereocenters. The lowest BCUT2D eigenvalue weighted by atomic mass is 9.96. The second kappa shape index (κ2) is 10.7. The van der Waals surface area contributed by atoms with Gasteiger partial charge in [0.1, 0.15) is 0 Å². The summed E-state index contributed by atoms with van der Waals surface area (Å²) >= 11 is 7.31. The topological polar surface area (TPSA) is 96.2 Å². The molecule has 0 amide bonds. The number of ether oxygens (including phenoxy) is 3. The lowest BCUT2D eigenvalue weighted by molar-refractivity contribution is -0.143. The molecular formula is C27H25ClN2O6S. The van der Waals surface area contributed by atoms with Gasteiger partial charge in [0, 0.05) is 11.9 Å². The van der Waals surface area contributed by atoms with E-state index in [1.165, 1.54) is 29.9 Å². The van der Waals surface area contributed by atoms with Crippen LogP contribution < -0.4 is 24.4 Å². The van der Waals surface area contributed by atoms with Crippen molar-refractivity contribution in [2.24, 2.45) is 4.99 Å². The quantitative estimate of drug-likeness (QED) is 0.349. The van der Waals surface area contributed by atoms with E-state index in [1.54, 1.807) is 69.3 Å². The molecule has 0 aliphatic carbocycles. The minimum Gasteiger partial charge on any atom is -0.493 e. The summed E-state index contributed by atoms with van der Waals surface area (Å²) in [5.41, 5.74) is 1.83. The molecule has 0 saturated heterocycles. The Balaban J connectivity index is 1.88. The Labute approximate surface area is 222 Å². The maximum Gasteiger partial charge on any atom is 0.338 e. The van der Waals surface area contributed by atoms with Gasteiger partial charge in [0.15, 0.2) is 16.3 Å². The van der Waals surface area contributed by atoms with Gasteiger partial charge in [0.2, 0.25) is 0 Å². The van der Waals surface area contributed by atoms with E-state index in [0.29, 0.717) is 42.5 Å². The van der Waals surface area contributed by atoms with Gasteiger partial charge in [-0.25, -0.2) is 9.79 Å². The largest absolute Gasteiger partial charge is 0.493 e. The number of methoxy groups -OCH3 is 1. The average Bonchev–Trinajstić information content (AvgIpc) is 3.13. The number of halogens is 1. The number of allylic oxidation sites excluding steroid dienone is 1. The summed E-state index contributed by atoms with van der Waals surface area (Å²) in [4.78, 5) is 43.2.